The van der Waals surface area contributed by atoms with Crippen molar-refractivity contribution >= 4 is 5.91 Å². The molecule has 2 heterocycles. The fourth-order valence-corrected chi connectivity index (χ4v) is 3.21. The standard InChI is InChI=1S/C18H22N4O5/c1-22-17(25)12(9-20-18(22)26)7-14(24)21-16(11-5-13(23)6-11)10-3-4-15(27-2)19-8-10/h3-4,8-9,11,13,16,23H,5-7H2,1-2H3,(H,20,26)(H,21,24)/t11?,13?,16-/m0/s1. The summed E-state index contributed by atoms with van der Waals surface area (Å²) < 4.78 is 5.98. The maximum absolute atomic E-state index is 12.5. The van der Waals surface area contributed by atoms with Crippen molar-refractivity contribution in [2.75, 3.05) is 7.11 Å². The molecule has 9 nitrogen and oxygen atoms in total. The number of amides is 1. The fourth-order valence-electron chi connectivity index (χ4n) is 3.21. The van der Waals surface area contributed by atoms with Crippen LogP contribution in [0, 0.1) is 5.92 Å². The first-order valence-electron chi connectivity index (χ1n) is 8.64. The monoisotopic (exact) mass is 374 g/mol. The predicted octanol–water partition coefficient (Wildman–Crippen LogP) is -0.352. The number of rotatable bonds is 6. The van der Waals surface area contributed by atoms with Crippen molar-refractivity contribution in [2.24, 2.45) is 13.0 Å². The van der Waals surface area contributed by atoms with Gasteiger partial charge in [-0.15, -0.1) is 0 Å². The number of aliphatic hydroxyl groups excluding tert-OH is 1. The second-order valence-corrected chi connectivity index (χ2v) is 6.72. The molecule has 0 spiro atoms. The van der Waals surface area contributed by atoms with E-state index in [1.165, 1.54) is 20.4 Å². The Labute approximate surface area is 155 Å². The molecule has 2 aromatic heterocycles. The zero-order valence-electron chi connectivity index (χ0n) is 15.1. The molecule has 3 rings (SSSR count). The summed E-state index contributed by atoms with van der Waals surface area (Å²) >= 11 is 0. The number of hydrogen-bond acceptors (Lipinski definition) is 6. The van der Waals surface area contributed by atoms with Crippen molar-refractivity contribution in [1.82, 2.24) is 19.9 Å². The molecule has 0 radical (unpaired) electrons. The fraction of sp³-hybridized carbons (Fsp3) is 0.444. The van der Waals surface area contributed by atoms with Crippen LogP contribution < -0.4 is 21.3 Å². The Bertz CT molecular complexity index is 928. The van der Waals surface area contributed by atoms with Gasteiger partial charge in [-0.05, 0) is 24.3 Å². The molecule has 1 saturated carbocycles. The minimum absolute atomic E-state index is 0.0811. The Kier molecular flexibility index (Phi) is 5.41. The molecule has 2 aromatic rings. The lowest BCUT2D eigenvalue weighted by Gasteiger charge is -2.38. The van der Waals surface area contributed by atoms with Crippen molar-refractivity contribution in [3.63, 3.8) is 0 Å². The Hall–Kier alpha value is -2.94. The van der Waals surface area contributed by atoms with Gasteiger partial charge in [0.1, 0.15) is 0 Å². The van der Waals surface area contributed by atoms with Crippen LogP contribution in [0.15, 0.2) is 34.1 Å². The van der Waals surface area contributed by atoms with Crippen LogP contribution >= 0.6 is 0 Å². The Morgan fingerprint density at radius 1 is 1.44 bits per heavy atom. The molecule has 0 saturated heterocycles. The Morgan fingerprint density at radius 2 is 2.19 bits per heavy atom. The van der Waals surface area contributed by atoms with Crippen LogP contribution in [-0.4, -0.2) is 38.8 Å². The number of hydrogen-bond donors (Lipinski definition) is 3. The van der Waals surface area contributed by atoms with Crippen molar-refractivity contribution < 1.29 is 14.6 Å². The lowest BCUT2D eigenvalue weighted by molar-refractivity contribution is -0.122. The van der Waals surface area contributed by atoms with E-state index >= 15 is 0 Å². The maximum atomic E-state index is 12.5. The van der Waals surface area contributed by atoms with E-state index in [1.807, 2.05) is 6.07 Å². The number of nitrogens with one attached hydrogen (secondary N) is 2. The topological polar surface area (TPSA) is 126 Å². The first-order valence-corrected chi connectivity index (χ1v) is 8.64. The number of ether oxygens (including phenoxy) is 1. The lowest BCUT2D eigenvalue weighted by atomic mass is 9.75. The highest BCUT2D eigenvalue weighted by Gasteiger charge is 2.36. The van der Waals surface area contributed by atoms with Crippen LogP contribution in [0.4, 0.5) is 0 Å². The zero-order valence-corrected chi connectivity index (χ0v) is 15.1. The molecule has 144 valence electrons. The molecule has 0 bridgehead atoms. The van der Waals surface area contributed by atoms with Crippen molar-refractivity contribution in [3.8, 4) is 5.88 Å². The van der Waals surface area contributed by atoms with Gasteiger partial charge in [0.2, 0.25) is 11.8 Å². The van der Waals surface area contributed by atoms with Crippen molar-refractivity contribution in [1.29, 1.82) is 0 Å². The summed E-state index contributed by atoms with van der Waals surface area (Å²) in [5.74, 6) is 0.202. The SMILES string of the molecule is COc1ccc([C@H](NC(=O)Cc2c[nH]c(=O)n(C)c2=O)C2CC(O)C2)cn1. The highest BCUT2D eigenvalue weighted by atomic mass is 16.5. The number of carbonyl (C=O) groups excluding carboxylic acids is 1. The van der Waals surface area contributed by atoms with Gasteiger partial charge in [-0.25, -0.2) is 9.78 Å². The molecule has 1 fully saturated rings. The molecule has 1 aliphatic rings. The van der Waals surface area contributed by atoms with Gasteiger partial charge in [-0.1, -0.05) is 6.07 Å². The largest absolute Gasteiger partial charge is 0.481 e. The third kappa shape index (κ3) is 4.08. The number of aromatic nitrogens is 3. The number of H-pyrrole nitrogens is 1. The minimum Gasteiger partial charge on any atom is -0.481 e. The molecule has 1 aliphatic carbocycles. The van der Waals surface area contributed by atoms with Crippen molar-refractivity contribution in [3.05, 3.63) is 56.5 Å². The number of aromatic amines is 1. The smallest absolute Gasteiger partial charge is 0.328 e. The van der Waals surface area contributed by atoms with Crippen LogP contribution in [0.3, 0.4) is 0 Å². The molecule has 0 unspecified atom stereocenters. The third-order valence-corrected chi connectivity index (χ3v) is 4.87. The minimum atomic E-state index is -0.533. The number of methoxy groups -OCH3 is 1. The van der Waals surface area contributed by atoms with E-state index < -0.39 is 11.2 Å². The molecule has 1 atom stereocenters. The van der Waals surface area contributed by atoms with Crippen molar-refractivity contribution in [2.45, 2.75) is 31.4 Å². The first kappa shape index (κ1) is 18.8. The normalized spacial score (nSPS) is 19.8. The summed E-state index contributed by atoms with van der Waals surface area (Å²) in [4.78, 5) is 42.7. The average Bonchev–Trinajstić information content (AvgIpc) is 2.64. The second kappa shape index (κ2) is 7.75. The van der Waals surface area contributed by atoms with Gasteiger partial charge >= 0.3 is 5.69 Å². The summed E-state index contributed by atoms with van der Waals surface area (Å²) in [6.45, 7) is 0. The molecule has 9 heteroatoms. The molecule has 3 N–H and O–H groups in total. The van der Waals surface area contributed by atoms with E-state index in [1.54, 1.807) is 12.3 Å². The number of nitrogens with zero attached hydrogens (tertiary/aromatic N) is 2. The molecule has 0 aliphatic heterocycles. The molecular weight excluding hydrogens is 352 g/mol. The van der Waals surface area contributed by atoms with E-state index in [-0.39, 0.29) is 36.0 Å². The van der Waals surface area contributed by atoms with E-state index in [9.17, 15) is 19.5 Å². The number of aliphatic hydroxyl groups is 1. The summed E-state index contributed by atoms with van der Waals surface area (Å²) in [5.41, 5.74) is -0.0318. The Morgan fingerprint density at radius 3 is 2.78 bits per heavy atom. The Balaban J connectivity index is 1.77. The maximum Gasteiger partial charge on any atom is 0.328 e. The van der Waals surface area contributed by atoms with Gasteiger partial charge in [0.15, 0.2) is 0 Å². The van der Waals surface area contributed by atoms with E-state index in [2.05, 4.69) is 15.3 Å². The lowest BCUT2D eigenvalue weighted by Crippen LogP contribution is -2.43. The predicted molar refractivity (Wildman–Crippen MR) is 96.4 cm³/mol. The van der Waals surface area contributed by atoms with Crippen LogP contribution in [-0.2, 0) is 18.3 Å². The van der Waals surface area contributed by atoms with E-state index in [0.717, 1.165) is 10.1 Å². The molecule has 1 amide bonds. The number of carbonyl (C=O) groups is 1. The van der Waals surface area contributed by atoms with Gasteiger partial charge < -0.3 is 20.1 Å². The van der Waals surface area contributed by atoms with Gasteiger partial charge in [0, 0.05) is 31.1 Å². The first-order chi connectivity index (χ1) is 12.9. The highest BCUT2D eigenvalue weighted by Crippen LogP contribution is 2.38. The van der Waals surface area contributed by atoms with Gasteiger partial charge in [-0.2, -0.15) is 0 Å². The van der Waals surface area contributed by atoms with Crippen LogP contribution in [0.1, 0.15) is 30.0 Å². The average molecular weight is 374 g/mol. The summed E-state index contributed by atoms with van der Waals surface area (Å²) in [5, 5.41) is 12.6. The quantitative estimate of drug-likeness (QED) is 0.634. The molecule has 0 aromatic carbocycles. The van der Waals surface area contributed by atoms with Crippen LogP contribution in [0.25, 0.3) is 0 Å². The van der Waals surface area contributed by atoms with E-state index in [0.29, 0.717) is 18.7 Å². The second-order valence-electron chi connectivity index (χ2n) is 6.72. The summed E-state index contributed by atoms with van der Waals surface area (Å²) in [6.07, 6.45) is 3.54. The number of pyridine rings is 1. The molecule has 27 heavy (non-hydrogen) atoms. The highest BCUT2D eigenvalue weighted by molar-refractivity contribution is 5.78. The molecular formula is C18H22N4O5. The van der Waals surface area contributed by atoms with Gasteiger partial charge in [0.25, 0.3) is 5.56 Å². The third-order valence-electron chi connectivity index (χ3n) is 4.87. The van der Waals surface area contributed by atoms with Gasteiger partial charge in [-0.3, -0.25) is 14.2 Å². The summed E-state index contributed by atoms with van der Waals surface area (Å²) in [7, 11) is 2.87. The zero-order chi connectivity index (χ0) is 19.6. The van der Waals surface area contributed by atoms with Crippen LogP contribution in [0.2, 0.25) is 0 Å². The van der Waals surface area contributed by atoms with E-state index in [4.69, 9.17) is 4.74 Å². The summed E-state index contributed by atoms with van der Waals surface area (Å²) in [6, 6.07) is 3.20. The van der Waals surface area contributed by atoms with Gasteiger partial charge in [0.05, 0.1) is 25.7 Å². The van der Waals surface area contributed by atoms with Crippen LogP contribution in [0.5, 0.6) is 5.88 Å².